The second kappa shape index (κ2) is 17.0. The Morgan fingerprint density at radius 2 is 1.56 bits per heavy atom. The number of carbonyl (C=O) groups is 4. The summed E-state index contributed by atoms with van der Waals surface area (Å²) >= 11 is 0. The minimum absolute atomic E-state index is 0.0469. The monoisotopic (exact) mass is 694 g/mol. The van der Waals surface area contributed by atoms with Gasteiger partial charge in [0.25, 0.3) is 14.1 Å². The Hall–Kier alpha value is -1.76. The van der Waals surface area contributed by atoms with Gasteiger partial charge in [0.2, 0.25) is 6.04 Å². The van der Waals surface area contributed by atoms with E-state index in [0.717, 1.165) is 12.0 Å². The zero-order chi connectivity index (χ0) is 36.0. The van der Waals surface area contributed by atoms with E-state index in [1.165, 1.54) is 0 Å². The van der Waals surface area contributed by atoms with Crippen molar-refractivity contribution in [2.45, 2.75) is 155 Å². The van der Waals surface area contributed by atoms with Crippen molar-refractivity contribution in [2.24, 2.45) is 17.8 Å². The molecule has 9 atom stereocenters. The Morgan fingerprint density at radius 3 is 2.19 bits per heavy atom. The Balaban J connectivity index is 2.10. The number of rotatable bonds is 4. The summed E-state index contributed by atoms with van der Waals surface area (Å²) in [5.41, 5.74) is 1.13. The second-order valence-electron chi connectivity index (χ2n) is 16.4. The molecule has 9 unspecified atom stereocenters. The molecule has 0 N–H and O–H groups in total. The molecule has 0 aromatic heterocycles. The molecule has 274 valence electrons. The first kappa shape index (κ1) is 40.7. The molecule has 3 aliphatic heterocycles. The van der Waals surface area contributed by atoms with Gasteiger partial charge in [0.15, 0.2) is 0 Å². The Morgan fingerprint density at radius 1 is 0.917 bits per heavy atom. The summed E-state index contributed by atoms with van der Waals surface area (Å²) in [6.45, 7) is 18.7. The third kappa shape index (κ3) is 9.72. The number of Topliss-reactive ketones (excluding diaryl/α,β-unsaturated/α-hetero) is 2. The number of hydrogen-bond acceptors (Lipinski definition) is 9. The van der Waals surface area contributed by atoms with Gasteiger partial charge in [0, 0.05) is 39.9 Å². The lowest BCUT2D eigenvalue weighted by Crippen LogP contribution is -2.71. The van der Waals surface area contributed by atoms with Crippen molar-refractivity contribution in [3.05, 3.63) is 11.6 Å². The smallest absolute Gasteiger partial charge is 0.416 e. The van der Waals surface area contributed by atoms with Crippen molar-refractivity contribution in [1.29, 1.82) is 0 Å². The number of esters is 1. The number of fused-ring (bicyclic) bond motifs is 3. The van der Waals surface area contributed by atoms with Crippen LogP contribution in [-0.4, -0.2) is 94.2 Å². The van der Waals surface area contributed by atoms with Crippen molar-refractivity contribution >= 4 is 31.8 Å². The first-order valence-corrected chi connectivity index (χ1v) is 21.0. The molecule has 11 heteroatoms. The summed E-state index contributed by atoms with van der Waals surface area (Å²) in [5.74, 6) is -1.98. The van der Waals surface area contributed by atoms with Crippen LogP contribution in [0.15, 0.2) is 11.6 Å². The summed E-state index contributed by atoms with van der Waals surface area (Å²) in [5, 5.41) is -0.292. The van der Waals surface area contributed by atoms with E-state index in [0.29, 0.717) is 51.4 Å². The van der Waals surface area contributed by atoms with E-state index in [4.69, 9.17) is 23.5 Å². The van der Waals surface area contributed by atoms with E-state index in [-0.39, 0.29) is 47.8 Å². The van der Waals surface area contributed by atoms with Crippen LogP contribution < -0.4 is 0 Å². The molecule has 0 aromatic carbocycles. The average molecular weight is 695 g/mol. The molecule has 10 nitrogen and oxygen atoms in total. The van der Waals surface area contributed by atoms with E-state index in [9.17, 15) is 19.2 Å². The number of hydrogen-bond donors (Lipinski definition) is 0. The first-order chi connectivity index (χ1) is 22.4. The number of cyclic esters (lactones) is 1. The first-order valence-electron chi connectivity index (χ1n) is 18.1. The van der Waals surface area contributed by atoms with Crippen molar-refractivity contribution < 1.29 is 47.3 Å². The largest absolute Gasteiger partial charge is 0.461 e. The van der Waals surface area contributed by atoms with Gasteiger partial charge < -0.3 is 18.9 Å². The fourth-order valence-corrected chi connectivity index (χ4v) is 8.54. The van der Waals surface area contributed by atoms with Gasteiger partial charge in [-0.2, -0.15) is 0 Å². The van der Waals surface area contributed by atoms with Gasteiger partial charge in [-0.05, 0) is 74.9 Å². The van der Waals surface area contributed by atoms with Crippen molar-refractivity contribution in [1.82, 2.24) is 0 Å². The summed E-state index contributed by atoms with van der Waals surface area (Å²) in [6, 6.07) is -0.977. The molecule has 48 heavy (non-hydrogen) atoms. The highest BCUT2D eigenvalue weighted by molar-refractivity contribution is 6.73. The fourth-order valence-electron chi connectivity index (χ4n) is 7.15. The lowest BCUT2D eigenvalue weighted by Gasteiger charge is -2.48. The van der Waals surface area contributed by atoms with Crippen LogP contribution >= 0.6 is 0 Å². The number of piperidine rings is 1. The van der Waals surface area contributed by atoms with E-state index >= 15 is 0 Å². The van der Waals surface area contributed by atoms with E-state index in [1.807, 2.05) is 39.9 Å². The highest BCUT2D eigenvalue weighted by Crippen LogP contribution is 2.42. The molecule has 1 amide bonds. The third-order valence-electron chi connectivity index (χ3n) is 11.2. The number of carbonyl (C=O) groups excluding carboxylic acids is 4. The van der Waals surface area contributed by atoms with Crippen LogP contribution in [0.1, 0.15) is 106 Å². The van der Waals surface area contributed by atoms with Gasteiger partial charge in [-0.15, -0.1) is 4.65 Å². The summed E-state index contributed by atoms with van der Waals surface area (Å²) < 4.78 is 30.6. The number of ketones is 2. The molecule has 2 fully saturated rings. The molecular formula is C37H64NO9Si+. The van der Waals surface area contributed by atoms with Crippen LogP contribution in [0.3, 0.4) is 0 Å². The van der Waals surface area contributed by atoms with Crippen LogP contribution in [-0.2, 0) is 42.7 Å². The van der Waals surface area contributed by atoms with Crippen molar-refractivity contribution in [3.8, 4) is 0 Å². The van der Waals surface area contributed by atoms with Gasteiger partial charge in [0.05, 0.1) is 18.8 Å². The summed E-state index contributed by atoms with van der Waals surface area (Å²) in [4.78, 5) is 56.1. The van der Waals surface area contributed by atoms with E-state index in [1.54, 1.807) is 14.2 Å². The molecule has 3 aliphatic rings. The number of methoxy groups -OCH3 is 2. The van der Waals surface area contributed by atoms with Gasteiger partial charge >= 0.3 is 11.9 Å². The third-order valence-corrected chi connectivity index (χ3v) is 15.6. The Bertz CT molecular complexity index is 1180. The maximum atomic E-state index is 14.8. The number of allylic oxidation sites excluding steroid dienone is 2. The molecule has 3 rings (SSSR count). The number of ether oxygens (including phenoxy) is 4. The van der Waals surface area contributed by atoms with Crippen molar-refractivity contribution in [2.75, 3.05) is 27.4 Å². The van der Waals surface area contributed by atoms with Crippen LogP contribution in [0.2, 0.25) is 18.1 Å². The molecule has 2 saturated heterocycles. The minimum atomic E-state index is -2.71. The lowest BCUT2D eigenvalue weighted by molar-refractivity contribution is -1.04. The number of hydroxylamine groups is 3. The molecule has 3 heterocycles. The molecule has 0 aliphatic carbocycles. The lowest BCUT2D eigenvalue weighted by atomic mass is 9.84. The quantitative estimate of drug-likeness (QED) is 0.107. The standard InChI is InChI=1S/C37H64NO9Si/c1-24-15-17-28(39)18-16-25(2)23-45-36(42)29-14-12-13-19-38(29,47-48(10,11)37(5,6)7)35(41)32(40)33-27(4)22-31(44-9)34(46-33)30(43-8)21-26(3)20-24/h15,25-27,29-31,33-34H,12-14,16-23H2,1-11H3/q+1. The van der Waals surface area contributed by atoms with Gasteiger partial charge in [0.1, 0.15) is 24.5 Å². The summed E-state index contributed by atoms with van der Waals surface area (Å²) in [6.07, 6.45) is 4.64. The Kier molecular flexibility index (Phi) is 14.4. The molecule has 0 spiro atoms. The summed E-state index contributed by atoms with van der Waals surface area (Å²) in [7, 11) is 0.554. The zero-order valence-electron chi connectivity index (χ0n) is 31.6. The number of quaternary nitrogens is 1. The highest BCUT2D eigenvalue weighted by Gasteiger charge is 2.61. The van der Waals surface area contributed by atoms with E-state index in [2.05, 4.69) is 27.7 Å². The molecule has 0 aromatic rings. The predicted molar refractivity (Wildman–Crippen MR) is 186 cm³/mol. The van der Waals surface area contributed by atoms with Gasteiger partial charge in [-0.25, -0.2) is 14.1 Å². The SMILES string of the molecule is COC1CC(C)CC(C)=CCC(=O)CCC(C)COC(=O)C2CCCC[N+]2(O[Si](C)(C)C(C)(C)C)C(=O)C(=O)C2OC1C(OC)CC2C. The second-order valence-corrected chi connectivity index (χ2v) is 21.1. The van der Waals surface area contributed by atoms with Gasteiger partial charge in [-0.3, -0.25) is 9.59 Å². The highest BCUT2D eigenvalue weighted by atomic mass is 28.4. The van der Waals surface area contributed by atoms with Gasteiger partial charge in [-0.1, -0.05) is 53.2 Å². The minimum Gasteiger partial charge on any atom is -0.461 e. The van der Waals surface area contributed by atoms with Crippen LogP contribution in [0.5, 0.6) is 0 Å². The van der Waals surface area contributed by atoms with Crippen LogP contribution in [0.25, 0.3) is 0 Å². The number of amides is 1. The molecular weight excluding hydrogens is 630 g/mol. The Labute approximate surface area is 290 Å². The van der Waals surface area contributed by atoms with Crippen molar-refractivity contribution in [3.63, 3.8) is 0 Å². The predicted octanol–water partition coefficient (Wildman–Crippen LogP) is 6.51. The topological polar surface area (TPSA) is 114 Å². The molecule has 2 bridgehead atoms. The maximum absolute atomic E-state index is 14.8. The normalized spacial score (nSPS) is 36.0. The number of nitrogens with zero attached hydrogens (tertiary/aromatic N) is 1. The van der Waals surface area contributed by atoms with Crippen LogP contribution in [0, 0.1) is 17.8 Å². The molecule has 0 saturated carbocycles. The fraction of sp³-hybridized carbons (Fsp3) is 0.838. The van der Waals surface area contributed by atoms with Crippen LogP contribution in [0.4, 0.5) is 0 Å². The van der Waals surface area contributed by atoms with E-state index < -0.39 is 55.0 Å². The maximum Gasteiger partial charge on any atom is 0.416 e. The molecule has 0 radical (unpaired) electrons. The average Bonchev–Trinajstić information content (AvgIpc) is 3.02. The zero-order valence-corrected chi connectivity index (χ0v) is 32.6.